The van der Waals surface area contributed by atoms with Crippen molar-refractivity contribution in [3.05, 3.63) is 29.3 Å². The lowest BCUT2D eigenvalue weighted by Crippen LogP contribution is -2.11. The van der Waals surface area contributed by atoms with Crippen molar-refractivity contribution in [2.75, 3.05) is 5.32 Å². The summed E-state index contributed by atoms with van der Waals surface area (Å²) in [6.45, 7) is 6.25. The molecule has 0 aliphatic heterocycles. The van der Waals surface area contributed by atoms with E-state index in [2.05, 4.69) is 26.1 Å². The van der Waals surface area contributed by atoms with Crippen LogP contribution in [-0.4, -0.2) is 17.1 Å². The highest BCUT2D eigenvalue weighted by Gasteiger charge is 2.06. The van der Waals surface area contributed by atoms with E-state index in [-0.39, 0.29) is 6.42 Å². The van der Waals surface area contributed by atoms with Gasteiger partial charge in [-0.3, -0.25) is 4.79 Å². The molecule has 1 rings (SSSR count). The molecule has 0 aromatic heterocycles. The van der Waals surface area contributed by atoms with Crippen molar-refractivity contribution < 1.29 is 9.90 Å². The summed E-state index contributed by atoms with van der Waals surface area (Å²) in [4.78, 5) is 10.6. The van der Waals surface area contributed by atoms with Gasteiger partial charge in [-0.2, -0.15) is 0 Å². The van der Waals surface area contributed by atoms with Gasteiger partial charge in [-0.05, 0) is 37.5 Å². The van der Waals surface area contributed by atoms with Crippen molar-refractivity contribution in [2.45, 2.75) is 39.7 Å². The number of carboxylic acid groups (broad SMARTS) is 1. The molecule has 0 aliphatic rings. The van der Waals surface area contributed by atoms with Gasteiger partial charge >= 0.3 is 5.97 Å². The number of anilines is 1. The average Bonchev–Trinajstić information content (AvgIpc) is 2.18. The van der Waals surface area contributed by atoms with Crippen molar-refractivity contribution >= 4 is 11.7 Å². The zero-order valence-electron chi connectivity index (χ0n) is 10.1. The minimum Gasteiger partial charge on any atom is -0.481 e. The molecule has 1 aromatic carbocycles. The highest BCUT2D eigenvalue weighted by molar-refractivity contribution is 5.70. The summed E-state index contributed by atoms with van der Waals surface area (Å²) in [6.07, 6.45) is 0.997. The van der Waals surface area contributed by atoms with Crippen LogP contribution in [0.15, 0.2) is 18.2 Å². The molecule has 0 bridgehead atoms. The maximum Gasteiger partial charge on any atom is 0.307 e. The molecule has 2 N–H and O–H groups in total. The van der Waals surface area contributed by atoms with Gasteiger partial charge in [-0.15, -0.1) is 0 Å². The van der Waals surface area contributed by atoms with Gasteiger partial charge in [0.1, 0.15) is 0 Å². The minimum absolute atomic E-state index is 0.0922. The van der Waals surface area contributed by atoms with Gasteiger partial charge in [-0.1, -0.05) is 19.1 Å². The fourth-order valence-corrected chi connectivity index (χ4v) is 1.68. The summed E-state index contributed by atoms with van der Waals surface area (Å²) in [6, 6.07) is 6.20. The molecule has 0 unspecified atom stereocenters. The summed E-state index contributed by atoms with van der Waals surface area (Å²) in [5, 5.41) is 12.1. The van der Waals surface area contributed by atoms with Crippen LogP contribution >= 0.6 is 0 Å². The van der Waals surface area contributed by atoms with Crippen LogP contribution < -0.4 is 5.32 Å². The Balaban J connectivity index is 2.92. The smallest absolute Gasteiger partial charge is 0.307 e. The average molecular weight is 221 g/mol. The van der Waals surface area contributed by atoms with E-state index in [1.165, 1.54) is 5.56 Å². The van der Waals surface area contributed by atoms with E-state index >= 15 is 0 Å². The van der Waals surface area contributed by atoms with Gasteiger partial charge in [0.05, 0.1) is 6.42 Å². The maximum absolute atomic E-state index is 10.6. The van der Waals surface area contributed by atoms with Crippen molar-refractivity contribution in [3.8, 4) is 0 Å². The lowest BCUT2D eigenvalue weighted by Gasteiger charge is -2.15. The number of rotatable bonds is 5. The number of aliphatic carboxylic acids is 1. The molecule has 0 aliphatic carbocycles. The summed E-state index contributed by atoms with van der Waals surface area (Å²) in [5.41, 5.74) is 3.14. The van der Waals surface area contributed by atoms with E-state index in [1.54, 1.807) is 0 Å². The molecule has 0 heterocycles. The second-order valence-corrected chi connectivity index (χ2v) is 4.21. The fourth-order valence-electron chi connectivity index (χ4n) is 1.68. The Bertz CT molecular complexity index is 372. The van der Waals surface area contributed by atoms with Crippen LogP contribution in [0.4, 0.5) is 5.69 Å². The Morgan fingerprint density at radius 1 is 1.44 bits per heavy atom. The summed E-state index contributed by atoms with van der Waals surface area (Å²) in [5.74, 6) is -0.786. The lowest BCUT2D eigenvalue weighted by molar-refractivity contribution is -0.136. The highest BCUT2D eigenvalue weighted by atomic mass is 16.4. The molecular formula is C13H19NO2. The van der Waals surface area contributed by atoms with Crippen LogP contribution in [0, 0.1) is 0 Å². The monoisotopic (exact) mass is 221 g/mol. The maximum atomic E-state index is 10.6. The van der Waals surface area contributed by atoms with Crippen LogP contribution in [0.5, 0.6) is 0 Å². The number of aryl methyl sites for hydroxylation is 1. The molecule has 0 saturated carbocycles. The Morgan fingerprint density at radius 3 is 2.62 bits per heavy atom. The van der Waals surface area contributed by atoms with E-state index in [0.29, 0.717) is 6.04 Å². The zero-order chi connectivity index (χ0) is 12.1. The van der Waals surface area contributed by atoms with E-state index in [9.17, 15) is 4.79 Å². The van der Waals surface area contributed by atoms with E-state index in [4.69, 9.17) is 5.11 Å². The van der Waals surface area contributed by atoms with Crippen LogP contribution in [0.25, 0.3) is 0 Å². The minimum atomic E-state index is -0.786. The Hall–Kier alpha value is -1.51. The number of benzene rings is 1. The SMILES string of the molecule is CCc1cc(CC(=O)O)ccc1NC(C)C. The number of carbonyl (C=O) groups is 1. The molecule has 3 heteroatoms. The van der Waals surface area contributed by atoms with Gasteiger partial charge in [0.2, 0.25) is 0 Å². The zero-order valence-corrected chi connectivity index (χ0v) is 10.1. The van der Waals surface area contributed by atoms with Gasteiger partial charge in [0.25, 0.3) is 0 Å². The van der Waals surface area contributed by atoms with E-state index in [1.807, 2.05) is 18.2 Å². The van der Waals surface area contributed by atoms with Gasteiger partial charge < -0.3 is 10.4 Å². The molecule has 0 atom stereocenters. The molecule has 16 heavy (non-hydrogen) atoms. The largest absolute Gasteiger partial charge is 0.481 e. The van der Waals surface area contributed by atoms with Crippen molar-refractivity contribution in [1.82, 2.24) is 0 Å². The molecule has 0 fully saturated rings. The Kier molecular flexibility index (Phi) is 4.35. The molecule has 0 saturated heterocycles. The van der Waals surface area contributed by atoms with Crippen molar-refractivity contribution in [1.29, 1.82) is 0 Å². The van der Waals surface area contributed by atoms with Gasteiger partial charge in [0, 0.05) is 11.7 Å². The van der Waals surface area contributed by atoms with Crippen molar-refractivity contribution in [2.24, 2.45) is 0 Å². The standard InChI is InChI=1S/C13H19NO2/c1-4-11-7-10(8-13(15)16)5-6-12(11)14-9(2)3/h5-7,9,14H,4,8H2,1-3H3,(H,15,16). The molecule has 0 radical (unpaired) electrons. The van der Waals surface area contributed by atoms with Crippen LogP contribution in [0.3, 0.4) is 0 Å². The molecule has 1 aromatic rings. The Labute approximate surface area is 96.5 Å². The highest BCUT2D eigenvalue weighted by Crippen LogP contribution is 2.19. The normalized spacial score (nSPS) is 10.5. The predicted octanol–water partition coefficient (Wildman–Crippen LogP) is 2.70. The fraction of sp³-hybridized carbons (Fsp3) is 0.462. The first-order chi connectivity index (χ1) is 7.52. The second-order valence-electron chi connectivity index (χ2n) is 4.21. The first-order valence-electron chi connectivity index (χ1n) is 5.63. The van der Waals surface area contributed by atoms with Crippen molar-refractivity contribution in [3.63, 3.8) is 0 Å². The molecule has 0 spiro atoms. The van der Waals surface area contributed by atoms with Crippen LogP contribution in [0.1, 0.15) is 31.9 Å². The van der Waals surface area contributed by atoms with E-state index in [0.717, 1.165) is 17.7 Å². The third-order valence-electron chi connectivity index (χ3n) is 2.35. The second kappa shape index (κ2) is 5.54. The first kappa shape index (κ1) is 12.6. The molecule has 3 nitrogen and oxygen atoms in total. The number of carboxylic acids is 1. The third-order valence-corrected chi connectivity index (χ3v) is 2.35. The topological polar surface area (TPSA) is 49.3 Å². The molecular weight excluding hydrogens is 202 g/mol. The van der Waals surface area contributed by atoms with Crippen LogP contribution in [-0.2, 0) is 17.6 Å². The molecule has 88 valence electrons. The predicted molar refractivity (Wildman–Crippen MR) is 65.9 cm³/mol. The Morgan fingerprint density at radius 2 is 2.12 bits per heavy atom. The number of hydrogen-bond donors (Lipinski definition) is 2. The van der Waals surface area contributed by atoms with Gasteiger partial charge in [0.15, 0.2) is 0 Å². The first-order valence-corrected chi connectivity index (χ1v) is 5.63. The lowest BCUT2D eigenvalue weighted by atomic mass is 10.0. The summed E-state index contributed by atoms with van der Waals surface area (Å²) in [7, 11) is 0. The summed E-state index contributed by atoms with van der Waals surface area (Å²) >= 11 is 0. The van der Waals surface area contributed by atoms with Crippen LogP contribution in [0.2, 0.25) is 0 Å². The van der Waals surface area contributed by atoms with Gasteiger partial charge in [-0.25, -0.2) is 0 Å². The quantitative estimate of drug-likeness (QED) is 0.803. The third kappa shape index (κ3) is 3.57. The number of nitrogens with one attached hydrogen (secondary N) is 1. The van der Waals surface area contributed by atoms with E-state index < -0.39 is 5.97 Å². The molecule has 0 amide bonds. The number of hydrogen-bond acceptors (Lipinski definition) is 2. The summed E-state index contributed by atoms with van der Waals surface area (Å²) < 4.78 is 0.